The van der Waals surface area contributed by atoms with Gasteiger partial charge in [0.1, 0.15) is 104 Å². The molecule has 0 radical (unpaired) electrons. The molecule has 6 heterocycles. The molecule has 468 valence electrons. The molecule has 0 aromatic heterocycles. The van der Waals surface area contributed by atoms with Gasteiger partial charge in [-0.3, -0.25) is 0 Å². The number of hydrogen-bond donors (Lipinski definition) is 15. The first kappa shape index (κ1) is 63.0. The molecule has 81 heavy (non-hydrogen) atoms. The SMILES string of the molecule is C[C@H](CO)CC[C@@]1(O)O[C@H]2C[C@H]3[C@@H]4CC[C@H]5C[C@@H](O[C@@H]6O[C@H](CO)[C@@H](O[C@@H]7O[C@H](CO)[C@H](O)[C@H](O[C@@H]8OC[C@@H](O)[C@H](O)[C@H]8O)[C@H]7O[C@@H]7OC[C@@H](O)[C@H](O)[C@H]7O)[C@H](O)[C@H]6O[C@@H]6O[C@@H](C)[C@H](O)[C@@H](O)[C@H]6O)CC[C@]5(C)[C@H]4CC[C@]3(C)[C@H]2[C@@H]1C. The van der Waals surface area contributed by atoms with Gasteiger partial charge >= 0.3 is 0 Å². The first-order chi connectivity index (χ1) is 38.4. The van der Waals surface area contributed by atoms with Crippen molar-refractivity contribution >= 4 is 0 Å². The van der Waals surface area contributed by atoms with Gasteiger partial charge in [-0.25, -0.2) is 0 Å². The third-order valence-electron chi connectivity index (χ3n) is 21.4. The maximum atomic E-state index is 12.6. The van der Waals surface area contributed by atoms with Crippen molar-refractivity contribution in [2.24, 2.45) is 52.3 Å². The van der Waals surface area contributed by atoms with Crippen molar-refractivity contribution < 1.29 is 129 Å². The number of fused-ring (bicyclic) bond motifs is 7. The van der Waals surface area contributed by atoms with Crippen molar-refractivity contribution in [3.8, 4) is 0 Å². The minimum absolute atomic E-state index is 0.000294. The Kier molecular flexibility index (Phi) is 19.3. The molecule has 0 spiro atoms. The molecule has 6 saturated heterocycles. The van der Waals surface area contributed by atoms with Crippen LogP contribution >= 0.6 is 0 Å². The van der Waals surface area contributed by atoms with E-state index in [1.54, 1.807) is 0 Å². The molecular formula is C55H92O26. The molecule has 6 aliphatic heterocycles. The smallest absolute Gasteiger partial charge is 0.187 e. The molecule has 0 aromatic rings. The minimum Gasteiger partial charge on any atom is -0.396 e. The van der Waals surface area contributed by atoms with Crippen LogP contribution in [0.4, 0.5) is 0 Å². The maximum absolute atomic E-state index is 12.6. The van der Waals surface area contributed by atoms with Gasteiger partial charge < -0.3 is 129 Å². The number of ether oxygens (including phenoxy) is 11. The fourth-order valence-electron chi connectivity index (χ4n) is 16.5. The van der Waals surface area contributed by atoms with E-state index in [0.717, 1.165) is 38.5 Å². The average molecular weight is 1170 g/mol. The molecule has 0 bridgehead atoms. The minimum atomic E-state index is -1.95. The lowest BCUT2D eigenvalue weighted by molar-refractivity contribution is -0.408. The van der Waals surface area contributed by atoms with Crippen LogP contribution in [0.25, 0.3) is 0 Å². The molecule has 4 saturated carbocycles. The third-order valence-corrected chi connectivity index (χ3v) is 21.4. The van der Waals surface area contributed by atoms with Crippen LogP contribution in [0.2, 0.25) is 0 Å². The molecule has 0 aromatic carbocycles. The van der Waals surface area contributed by atoms with Crippen LogP contribution in [-0.2, 0) is 52.1 Å². The van der Waals surface area contributed by atoms with Crippen LogP contribution in [0.1, 0.15) is 98.8 Å². The van der Waals surface area contributed by atoms with E-state index < -0.39 is 180 Å². The summed E-state index contributed by atoms with van der Waals surface area (Å²) in [5, 5.41) is 164. The Morgan fingerprint density at radius 1 is 0.531 bits per heavy atom. The van der Waals surface area contributed by atoms with Crippen molar-refractivity contribution in [1.29, 1.82) is 0 Å². The highest BCUT2D eigenvalue weighted by Crippen LogP contribution is 2.71. The Labute approximate surface area is 471 Å². The van der Waals surface area contributed by atoms with E-state index in [1.165, 1.54) is 6.92 Å². The third kappa shape index (κ3) is 11.6. The standard InChI is InChI=1S/C55H92O26/c1-21(16-56)8-13-55(70)22(2)34-31(81-55)15-28-26-7-6-24-14-25(9-11-53(24,4)27(26)10-12-54(28,34)5)74-51-46(79-50-42(68)39(65)35(61)23(3)73-50)43(69)44(33(18-58)76-51)77-52-47(80-49-41(67)37(63)30(60)20-72-49)45(38(64)32(17-57)75-52)78-48-40(66)36(62)29(59)19-71-48/h21-52,56-70H,6-20H2,1-5H3/t21-,22-,23-,24-,25-,26+,27-,28-,29+,30+,31-,32+,33+,34-,35-,36-,37-,38-,39+,40+,41+,42+,43-,44+,45-,46+,47+,48-,49-,50-,51+,52-,53-,54-,55+/m0/s1. The van der Waals surface area contributed by atoms with Crippen LogP contribution in [0.5, 0.6) is 0 Å². The quantitative estimate of drug-likeness (QED) is 0.0659. The monoisotopic (exact) mass is 1170 g/mol. The number of hydrogen-bond acceptors (Lipinski definition) is 26. The van der Waals surface area contributed by atoms with Gasteiger partial charge in [0.15, 0.2) is 37.2 Å². The first-order valence-electron chi connectivity index (χ1n) is 29.6. The summed E-state index contributed by atoms with van der Waals surface area (Å²) in [5.41, 5.74) is -0.0443. The van der Waals surface area contributed by atoms with Gasteiger partial charge in [0, 0.05) is 18.9 Å². The molecule has 10 fully saturated rings. The van der Waals surface area contributed by atoms with E-state index in [1.807, 2.05) is 6.92 Å². The number of aliphatic hydroxyl groups excluding tert-OH is 14. The van der Waals surface area contributed by atoms with Gasteiger partial charge in [0.2, 0.25) is 0 Å². The van der Waals surface area contributed by atoms with Gasteiger partial charge in [-0.05, 0) is 111 Å². The molecule has 4 aliphatic carbocycles. The largest absolute Gasteiger partial charge is 0.396 e. The molecule has 10 rings (SSSR count). The van der Waals surface area contributed by atoms with Crippen LogP contribution in [0.3, 0.4) is 0 Å². The summed E-state index contributed by atoms with van der Waals surface area (Å²) in [7, 11) is 0. The molecule has 0 amide bonds. The van der Waals surface area contributed by atoms with Gasteiger partial charge in [-0.2, -0.15) is 0 Å². The summed E-state index contributed by atoms with van der Waals surface area (Å²) in [5.74, 6) is 0.574. The molecule has 26 nitrogen and oxygen atoms in total. The van der Waals surface area contributed by atoms with Crippen molar-refractivity contribution in [2.45, 2.75) is 258 Å². The fourth-order valence-corrected chi connectivity index (χ4v) is 16.5. The highest BCUT2D eigenvalue weighted by Gasteiger charge is 2.69. The second-order valence-electron chi connectivity index (χ2n) is 26.1. The summed E-state index contributed by atoms with van der Waals surface area (Å²) in [6, 6.07) is 0. The summed E-state index contributed by atoms with van der Waals surface area (Å²) < 4.78 is 67.7. The lowest BCUT2D eigenvalue weighted by atomic mass is 9.44. The van der Waals surface area contributed by atoms with Crippen molar-refractivity contribution in [3.63, 3.8) is 0 Å². The lowest BCUT2D eigenvalue weighted by Gasteiger charge is -2.61. The topological polar surface area (TPSA) is 405 Å². The fraction of sp³-hybridized carbons (Fsp3) is 1.00. The van der Waals surface area contributed by atoms with Crippen molar-refractivity contribution in [3.05, 3.63) is 0 Å². The van der Waals surface area contributed by atoms with Crippen molar-refractivity contribution in [1.82, 2.24) is 0 Å². The summed E-state index contributed by atoms with van der Waals surface area (Å²) in [4.78, 5) is 0. The predicted molar refractivity (Wildman–Crippen MR) is 271 cm³/mol. The summed E-state index contributed by atoms with van der Waals surface area (Å²) in [6.45, 7) is 7.59. The van der Waals surface area contributed by atoms with E-state index in [9.17, 15) is 76.6 Å². The molecule has 10 aliphatic rings. The lowest BCUT2D eigenvalue weighted by Crippen LogP contribution is -2.68. The highest BCUT2D eigenvalue weighted by atomic mass is 16.8. The highest BCUT2D eigenvalue weighted by molar-refractivity contribution is 5.15. The average Bonchev–Trinajstić information content (AvgIpc) is 3.94. The Morgan fingerprint density at radius 3 is 1.75 bits per heavy atom. The van der Waals surface area contributed by atoms with Crippen LogP contribution in [0.15, 0.2) is 0 Å². The molecule has 0 unspecified atom stereocenters. The Bertz CT molecular complexity index is 2070. The van der Waals surface area contributed by atoms with Gasteiger partial charge in [0.05, 0.1) is 44.7 Å². The number of aliphatic hydroxyl groups is 15. The van der Waals surface area contributed by atoms with E-state index in [4.69, 9.17) is 52.1 Å². The zero-order valence-corrected chi connectivity index (χ0v) is 46.8. The first-order valence-corrected chi connectivity index (χ1v) is 29.6. The van der Waals surface area contributed by atoms with Gasteiger partial charge in [-0.15, -0.1) is 0 Å². The summed E-state index contributed by atoms with van der Waals surface area (Å²) in [6.07, 6.45) is -32.0. The Morgan fingerprint density at radius 2 is 1.11 bits per heavy atom. The van der Waals surface area contributed by atoms with Gasteiger partial charge in [-0.1, -0.05) is 27.7 Å². The second kappa shape index (κ2) is 24.9. The number of rotatable bonds is 16. The van der Waals surface area contributed by atoms with Gasteiger partial charge in [0.25, 0.3) is 0 Å². The second-order valence-corrected chi connectivity index (χ2v) is 26.1. The van der Waals surface area contributed by atoms with E-state index in [0.29, 0.717) is 43.4 Å². The Hall–Kier alpha value is -1.04. The van der Waals surface area contributed by atoms with E-state index in [2.05, 4.69) is 20.8 Å². The maximum Gasteiger partial charge on any atom is 0.187 e. The van der Waals surface area contributed by atoms with E-state index >= 15 is 0 Å². The van der Waals surface area contributed by atoms with Crippen molar-refractivity contribution in [2.75, 3.05) is 33.0 Å². The normalized spacial score (nSPS) is 56.1. The predicted octanol–water partition coefficient (Wildman–Crippen LogP) is -3.82. The van der Waals surface area contributed by atoms with E-state index in [-0.39, 0.29) is 47.2 Å². The van der Waals surface area contributed by atoms with Crippen LogP contribution < -0.4 is 0 Å². The zero-order valence-electron chi connectivity index (χ0n) is 46.8. The summed E-state index contributed by atoms with van der Waals surface area (Å²) >= 11 is 0. The molecular weight excluding hydrogens is 1080 g/mol. The molecule has 26 heteroatoms. The molecule has 15 N–H and O–H groups in total. The van der Waals surface area contributed by atoms with Crippen LogP contribution in [-0.4, -0.2) is 269 Å². The van der Waals surface area contributed by atoms with Crippen LogP contribution in [0, 0.1) is 52.3 Å². The molecule has 35 atom stereocenters. The Balaban J connectivity index is 0.881. The zero-order chi connectivity index (χ0) is 58.4.